The van der Waals surface area contributed by atoms with E-state index in [0.717, 1.165) is 63.7 Å². The molecule has 0 saturated heterocycles. The second kappa shape index (κ2) is 19.8. The number of rotatable bonds is 4. The minimum absolute atomic E-state index is 0. The molecule has 0 aromatic heterocycles. The van der Waals surface area contributed by atoms with Crippen molar-refractivity contribution in [2.45, 2.75) is 82.0 Å². The van der Waals surface area contributed by atoms with Crippen LogP contribution in [0.15, 0.2) is 109 Å². The molecule has 0 aliphatic heterocycles. The van der Waals surface area contributed by atoms with Crippen LogP contribution in [0.2, 0.25) is 0 Å². The van der Waals surface area contributed by atoms with Crippen molar-refractivity contribution < 1.29 is 77.4 Å². The second-order valence-corrected chi connectivity index (χ2v) is 13.7. The van der Waals surface area contributed by atoms with E-state index in [0.29, 0.717) is 11.8 Å². The Morgan fingerprint density at radius 2 is 0.833 bits per heavy atom. The first kappa shape index (κ1) is 45.5. The molecule has 8 rings (SSSR count). The van der Waals surface area contributed by atoms with Gasteiger partial charge in [0.05, 0.1) is 11.1 Å². The largest absolute Gasteiger partial charge is 2.00 e. The monoisotopic (exact) mass is 856 g/mol. The van der Waals surface area contributed by atoms with Crippen molar-refractivity contribution in [1.82, 2.24) is 0 Å². The summed E-state index contributed by atoms with van der Waals surface area (Å²) in [6.45, 7) is 6.75. The average Bonchev–Trinajstić information content (AvgIpc) is 3.94. The molecule has 0 spiro atoms. The van der Waals surface area contributed by atoms with Crippen LogP contribution in [0.25, 0.3) is 43.8 Å². The zero-order valence-electron chi connectivity index (χ0n) is 29.8. The maximum absolute atomic E-state index is 12.8. The molecule has 2 aliphatic rings. The van der Waals surface area contributed by atoms with Crippen LogP contribution in [0.1, 0.15) is 91.9 Å². The van der Waals surface area contributed by atoms with Gasteiger partial charge in [-0.2, -0.15) is 38.5 Å². The van der Waals surface area contributed by atoms with Gasteiger partial charge in [0.1, 0.15) is 0 Å². The Morgan fingerprint density at radius 3 is 1.13 bits per heavy atom. The third-order valence-electron chi connectivity index (χ3n) is 10.2. The van der Waals surface area contributed by atoms with Crippen molar-refractivity contribution in [3.05, 3.63) is 145 Å². The summed E-state index contributed by atoms with van der Waals surface area (Å²) in [7, 11) is 0. The van der Waals surface area contributed by atoms with Crippen molar-refractivity contribution in [2.24, 2.45) is 0 Å². The van der Waals surface area contributed by atoms with Crippen molar-refractivity contribution in [3.8, 4) is 22.3 Å². The van der Waals surface area contributed by atoms with Crippen LogP contribution >= 0.6 is 0 Å². The predicted octanol–water partition coefficient (Wildman–Crippen LogP) is 8.85. The maximum atomic E-state index is 12.8. The molecule has 0 bridgehead atoms. The number of fused-ring (bicyclic) bond motifs is 2. The SMILES string of the molecule is FC(F)(F)c1ccc(-c2cccc3[cH-]c(C4CCCC4)cc23)cc1.FC(F)(F)c1ccc(-c2cccc3[cH-]c(C4CCCC4)cc23)cc1.[CH2-]C[CH2-].[Cl-].[Cl-].[Zr+2]. The van der Waals surface area contributed by atoms with E-state index in [1.807, 2.05) is 24.3 Å². The van der Waals surface area contributed by atoms with Gasteiger partial charge in [0.15, 0.2) is 0 Å². The van der Waals surface area contributed by atoms with E-state index in [4.69, 9.17) is 0 Å². The number of hydrogen-bond acceptors (Lipinski definition) is 0. The Labute approximate surface area is 346 Å². The minimum atomic E-state index is -4.29. The third-order valence-corrected chi connectivity index (χ3v) is 10.2. The summed E-state index contributed by atoms with van der Waals surface area (Å²) >= 11 is 0. The van der Waals surface area contributed by atoms with Crippen molar-refractivity contribution in [3.63, 3.8) is 0 Å². The fraction of sp³-hybridized carbons (Fsp3) is 0.289. The molecule has 2 aliphatic carbocycles. The zero-order valence-corrected chi connectivity index (χ0v) is 33.8. The quantitative estimate of drug-likeness (QED) is 0.123. The van der Waals surface area contributed by atoms with Gasteiger partial charge in [0.2, 0.25) is 0 Å². The average molecular weight is 859 g/mol. The molecule has 286 valence electrons. The first-order valence-electron chi connectivity index (χ1n) is 17.8. The Hall–Kier alpha value is -2.86. The smallest absolute Gasteiger partial charge is 1.00 e. The summed E-state index contributed by atoms with van der Waals surface area (Å²) in [6, 6.07) is 32.0. The molecule has 2 fully saturated rings. The van der Waals surface area contributed by atoms with E-state index < -0.39 is 23.5 Å². The Balaban J connectivity index is 0.000000257. The second-order valence-electron chi connectivity index (χ2n) is 13.7. The van der Waals surface area contributed by atoms with Crippen molar-refractivity contribution in [1.29, 1.82) is 0 Å². The Kier molecular flexibility index (Phi) is 16.7. The van der Waals surface area contributed by atoms with E-state index in [2.05, 4.69) is 50.2 Å². The van der Waals surface area contributed by atoms with Crippen molar-refractivity contribution >= 4 is 21.5 Å². The van der Waals surface area contributed by atoms with Gasteiger partial charge in [-0.25, -0.2) is 0 Å². The van der Waals surface area contributed by atoms with E-state index >= 15 is 0 Å². The van der Waals surface area contributed by atoms with Crippen LogP contribution in [-0.4, -0.2) is 0 Å². The molecule has 0 N–H and O–H groups in total. The molecule has 6 aromatic rings. The van der Waals surface area contributed by atoms with Crippen LogP contribution in [0.5, 0.6) is 0 Å². The van der Waals surface area contributed by atoms with Gasteiger partial charge >= 0.3 is 38.6 Å². The number of halogens is 8. The molecule has 2 saturated carbocycles. The number of benzene rings is 4. The van der Waals surface area contributed by atoms with Crippen LogP contribution in [0.3, 0.4) is 0 Å². The third kappa shape index (κ3) is 10.7. The normalized spacial score (nSPS) is 14.7. The Bertz CT molecular complexity index is 1880. The molecule has 0 heterocycles. The van der Waals surface area contributed by atoms with Crippen LogP contribution in [-0.2, 0) is 38.6 Å². The molecular weight excluding hydrogens is 817 g/mol. The predicted molar refractivity (Wildman–Crippen MR) is 198 cm³/mol. The minimum Gasteiger partial charge on any atom is -1.00 e. The van der Waals surface area contributed by atoms with Gasteiger partial charge in [-0.15, -0.1) is 69.1 Å². The van der Waals surface area contributed by atoms with Gasteiger partial charge < -0.3 is 45.1 Å². The topological polar surface area (TPSA) is 0 Å². The van der Waals surface area contributed by atoms with Crippen LogP contribution in [0.4, 0.5) is 26.3 Å². The van der Waals surface area contributed by atoms with Crippen LogP contribution in [0, 0.1) is 13.8 Å². The number of hydrogen-bond donors (Lipinski definition) is 0. The van der Waals surface area contributed by atoms with Crippen molar-refractivity contribution in [2.75, 3.05) is 0 Å². The molecule has 9 heteroatoms. The van der Waals surface area contributed by atoms with Gasteiger partial charge in [-0.1, -0.05) is 73.2 Å². The Morgan fingerprint density at radius 1 is 0.519 bits per heavy atom. The maximum Gasteiger partial charge on any atom is 2.00 e. The summed E-state index contributed by atoms with van der Waals surface area (Å²) in [5.74, 6) is 1.27. The standard InChI is InChI=1S/2C21H18F3.C3H6.2ClH.Zr/c2*22-21(23,24)18-10-8-15(9-11-18)19-7-3-6-16-12-17(13-20(16)19)14-4-1-2-5-14;1-3-2;;;/h2*3,6-14H,1-2,4-5H2;1-3H2;2*1H;/q2*-1;-2;;;+2/p-2. The molecule has 0 nitrogen and oxygen atoms in total. The van der Waals surface area contributed by atoms with Gasteiger partial charge in [0.25, 0.3) is 0 Å². The fourth-order valence-electron chi connectivity index (χ4n) is 7.69. The molecule has 0 radical (unpaired) electrons. The first-order chi connectivity index (χ1) is 24.5. The summed E-state index contributed by atoms with van der Waals surface area (Å²) in [4.78, 5) is 0. The van der Waals surface area contributed by atoms with E-state index in [9.17, 15) is 26.3 Å². The molecule has 0 atom stereocenters. The summed E-state index contributed by atoms with van der Waals surface area (Å²) < 4.78 is 76.5. The fourth-order valence-corrected chi connectivity index (χ4v) is 7.69. The molecule has 0 unspecified atom stereocenters. The summed E-state index contributed by atoms with van der Waals surface area (Å²) in [5.41, 5.74) is 5.22. The molecule has 6 aromatic carbocycles. The molecule has 0 amide bonds. The van der Waals surface area contributed by atoms with Gasteiger partial charge in [-0.05, 0) is 72.9 Å². The summed E-state index contributed by atoms with van der Waals surface area (Å²) in [6.07, 6.45) is 2.29. The van der Waals surface area contributed by atoms with Gasteiger partial charge in [-0.3, -0.25) is 0 Å². The number of alkyl halides is 6. The van der Waals surface area contributed by atoms with E-state index in [1.165, 1.54) is 73.3 Å². The van der Waals surface area contributed by atoms with Crippen LogP contribution < -0.4 is 24.8 Å². The first-order valence-corrected chi connectivity index (χ1v) is 17.8. The zero-order chi connectivity index (χ0) is 36.2. The van der Waals surface area contributed by atoms with Gasteiger partial charge in [0, 0.05) is 0 Å². The van der Waals surface area contributed by atoms with E-state index in [1.54, 1.807) is 24.3 Å². The van der Waals surface area contributed by atoms with E-state index in [-0.39, 0.29) is 51.0 Å². The summed E-state index contributed by atoms with van der Waals surface area (Å²) in [5, 5.41) is 4.63. The molecular formula is C45H42Cl2F6Zr-4. The molecule has 54 heavy (non-hydrogen) atoms.